The van der Waals surface area contributed by atoms with E-state index < -0.39 is 0 Å². The second kappa shape index (κ2) is 18.8. The van der Waals surface area contributed by atoms with Crippen LogP contribution in [0, 0.1) is 0 Å². The van der Waals surface area contributed by atoms with E-state index >= 15 is 0 Å². The first-order valence-electron chi connectivity index (χ1n) is 9.22. The third-order valence-corrected chi connectivity index (χ3v) is 3.33. The molecule has 154 valence electrons. The van der Waals surface area contributed by atoms with E-state index in [-0.39, 0.29) is 16.7 Å². The van der Waals surface area contributed by atoms with Crippen molar-refractivity contribution in [3.8, 4) is 0 Å². The molecule has 1 amide bonds. The predicted molar refractivity (Wildman–Crippen MR) is 141 cm³/mol. The maximum atomic E-state index is 12.0. The molecule has 2 aromatic rings. The average Bonchev–Trinajstić information content (AvgIpc) is 3.04. The topological polar surface area (TPSA) is 46.1 Å². The molecule has 4 nitrogen and oxygen atoms in total. The van der Waals surface area contributed by atoms with Gasteiger partial charge in [0.05, 0.1) is 17.1 Å². The van der Waals surface area contributed by atoms with Crippen molar-refractivity contribution >= 4 is 76.7 Å². The van der Waals surface area contributed by atoms with Gasteiger partial charge in [0, 0.05) is 19.0 Å². The van der Waals surface area contributed by atoms with Crippen LogP contribution in [0.15, 0.2) is 30.6 Å². The zero-order valence-corrected chi connectivity index (χ0v) is 25.1. The van der Waals surface area contributed by atoms with E-state index in [1.54, 1.807) is 11.2 Å². The van der Waals surface area contributed by atoms with Crippen molar-refractivity contribution in [1.82, 2.24) is 14.9 Å². The monoisotopic (exact) mass is 749 g/mol. The van der Waals surface area contributed by atoms with Crippen LogP contribution in [0.25, 0.3) is 10.9 Å². The van der Waals surface area contributed by atoms with Crippen molar-refractivity contribution in [2.24, 2.45) is 0 Å². The van der Waals surface area contributed by atoms with Crippen LogP contribution in [-0.4, -0.2) is 34.4 Å². The van der Waals surface area contributed by atoms with Crippen LogP contribution in [0.1, 0.15) is 59.6 Å². The molecule has 1 aliphatic rings. The number of para-hydroxylation sites is 1. The minimum absolute atomic E-state index is 0.104. The number of aromatic nitrogens is 2. The third-order valence-electron chi connectivity index (χ3n) is 3.33. The normalized spacial score (nSPS) is 14.7. The molecule has 1 atom stereocenters. The van der Waals surface area contributed by atoms with Gasteiger partial charge in [-0.05, 0) is 12.5 Å². The average molecular weight is 749 g/mol. The van der Waals surface area contributed by atoms with E-state index in [4.69, 9.17) is 0 Å². The summed E-state index contributed by atoms with van der Waals surface area (Å²) in [7, 11) is 1.84. The van der Waals surface area contributed by atoms with Gasteiger partial charge in [0.1, 0.15) is 6.33 Å². The predicted octanol–water partition coefficient (Wildman–Crippen LogP) is 7.31. The number of benzene rings is 1. The minimum atomic E-state index is -0.278. The first kappa shape index (κ1) is 30.0. The second-order valence-electron chi connectivity index (χ2n) is 4.57. The molecular formula is C19H31I3N3OV. The van der Waals surface area contributed by atoms with Gasteiger partial charge >= 0.3 is 64.9 Å². The SMILES string of the molecule is CC.CC.CC.CN1CCC(c2ncnc3ccccc23)C1=O.[I][V]([I])[I]. The Balaban J connectivity index is 0. The number of carbonyl (C=O) groups excluding carboxylic acids is 1. The van der Waals surface area contributed by atoms with Crippen LogP contribution in [0.4, 0.5) is 0 Å². The van der Waals surface area contributed by atoms with Crippen molar-refractivity contribution in [2.45, 2.75) is 53.9 Å². The molecule has 27 heavy (non-hydrogen) atoms. The Kier molecular flexibility index (Phi) is 20.9. The number of likely N-dealkylation sites (tertiary alicyclic amines) is 1. The summed E-state index contributed by atoms with van der Waals surface area (Å²) in [6.45, 7) is 12.8. The Morgan fingerprint density at radius 3 is 2.00 bits per heavy atom. The maximum absolute atomic E-state index is 12.0. The Morgan fingerprint density at radius 2 is 1.52 bits per heavy atom. The van der Waals surface area contributed by atoms with Gasteiger partial charge in [0.15, 0.2) is 0 Å². The first-order valence-corrected chi connectivity index (χ1v) is 22.7. The van der Waals surface area contributed by atoms with Gasteiger partial charge in [-0.2, -0.15) is 0 Å². The quantitative estimate of drug-likeness (QED) is 0.288. The van der Waals surface area contributed by atoms with E-state index in [9.17, 15) is 4.79 Å². The van der Waals surface area contributed by atoms with Gasteiger partial charge in [0.25, 0.3) is 0 Å². The molecule has 1 fully saturated rings. The van der Waals surface area contributed by atoms with Crippen LogP contribution in [-0.2, 0) is 9.72 Å². The first-order chi connectivity index (χ1) is 13.0. The summed E-state index contributed by atoms with van der Waals surface area (Å²) >= 11 is 7.39. The van der Waals surface area contributed by atoms with Gasteiger partial charge < -0.3 is 4.90 Å². The van der Waals surface area contributed by atoms with Gasteiger partial charge in [-0.1, -0.05) is 59.7 Å². The van der Waals surface area contributed by atoms with Gasteiger partial charge in [-0.15, -0.1) is 0 Å². The fourth-order valence-corrected chi connectivity index (χ4v) is 2.38. The second-order valence-corrected chi connectivity index (χ2v) is 39.9. The summed E-state index contributed by atoms with van der Waals surface area (Å²) < 4.78 is 0. The molecular weight excluding hydrogens is 718 g/mol. The molecule has 0 spiro atoms. The number of fused-ring (bicyclic) bond motifs is 1. The van der Waals surface area contributed by atoms with E-state index in [1.807, 2.05) is 72.9 Å². The Hall–Kier alpha value is 0.804. The van der Waals surface area contributed by atoms with Crippen molar-refractivity contribution in [2.75, 3.05) is 13.6 Å². The zero-order chi connectivity index (χ0) is 21.4. The molecule has 1 aromatic heterocycles. The molecule has 3 rings (SSSR count). The van der Waals surface area contributed by atoms with Crippen molar-refractivity contribution in [3.63, 3.8) is 0 Å². The van der Waals surface area contributed by atoms with Gasteiger partial charge in [0.2, 0.25) is 5.91 Å². The molecule has 1 unspecified atom stereocenters. The third kappa shape index (κ3) is 11.0. The number of amides is 1. The van der Waals surface area contributed by atoms with Crippen LogP contribution in [0.2, 0.25) is 0 Å². The molecule has 1 saturated heterocycles. The summed E-state index contributed by atoms with van der Waals surface area (Å²) in [6, 6.07) is 7.83. The molecule has 0 bridgehead atoms. The van der Waals surface area contributed by atoms with E-state index in [1.165, 1.54) is 0 Å². The van der Waals surface area contributed by atoms with Gasteiger partial charge in [-0.25, -0.2) is 9.97 Å². The number of nitrogens with zero attached hydrogens (tertiary/aromatic N) is 3. The Bertz CT molecular complexity index is 636. The summed E-state index contributed by atoms with van der Waals surface area (Å²) in [4.78, 5) is 22.0. The molecule has 2 heterocycles. The standard InChI is InChI=1S/C13H13N3O.3C2H6.3HI.V/c1-16-7-6-10(13(16)17)12-9-4-2-3-5-11(9)14-8-15-12;3*1-2;;;;/h2-5,8,10H,6-7H2,1H3;3*1-2H3;3*1H;/q;;;;;;;+3/p-3. The van der Waals surface area contributed by atoms with E-state index in [2.05, 4.69) is 69.9 Å². The number of carbonyl (C=O) groups is 1. The van der Waals surface area contributed by atoms with Crippen molar-refractivity contribution in [3.05, 3.63) is 36.3 Å². The fraction of sp³-hybridized carbons (Fsp3) is 0.526. The number of halogens is 3. The molecule has 1 aromatic carbocycles. The fourth-order valence-electron chi connectivity index (χ4n) is 2.38. The van der Waals surface area contributed by atoms with Crippen LogP contribution >= 0.6 is 59.9 Å². The Labute approximate surface area is 202 Å². The van der Waals surface area contributed by atoms with Crippen molar-refractivity contribution < 1.29 is 9.72 Å². The van der Waals surface area contributed by atoms with E-state index in [0.717, 1.165) is 29.6 Å². The molecule has 8 heteroatoms. The summed E-state index contributed by atoms with van der Waals surface area (Å²) in [5.41, 5.74) is 1.77. The molecule has 0 N–H and O–H groups in total. The number of hydrogen-bond acceptors (Lipinski definition) is 3. The van der Waals surface area contributed by atoms with E-state index in [0.29, 0.717) is 0 Å². The van der Waals surface area contributed by atoms with Crippen LogP contribution in [0.5, 0.6) is 0 Å². The molecule has 0 saturated carbocycles. The number of hydrogen-bond donors (Lipinski definition) is 0. The molecule has 0 aliphatic carbocycles. The van der Waals surface area contributed by atoms with Crippen LogP contribution in [0.3, 0.4) is 0 Å². The zero-order valence-electron chi connectivity index (χ0n) is 17.2. The number of rotatable bonds is 1. The molecule has 0 radical (unpaired) electrons. The van der Waals surface area contributed by atoms with Crippen LogP contribution < -0.4 is 0 Å². The Morgan fingerprint density at radius 1 is 1.00 bits per heavy atom. The summed E-state index contributed by atoms with van der Waals surface area (Å²) in [5, 5.41) is 0.989. The number of likely N-dealkylation sites (N-methyl/N-ethyl adjacent to an activating group) is 1. The van der Waals surface area contributed by atoms with Crippen molar-refractivity contribution in [1.29, 1.82) is 0 Å². The molecule has 1 aliphatic heterocycles. The summed E-state index contributed by atoms with van der Waals surface area (Å²) in [5.74, 6) is 0.0572. The summed E-state index contributed by atoms with van der Waals surface area (Å²) in [6.07, 6.45) is 2.39. The van der Waals surface area contributed by atoms with Gasteiger partial charge in [-0.3, -0.25) is 4.79 Å².